The highest BCUT2D eigenvalue weighted by Gasteiger charge is 2.51. The highest BCUT2D eigenvalue weighted by Crippen LogP contribution is 2.37. The summed E-state index contributed by atoms with van der Waals surface area (Å²) in [5.41, 5.74) is 0.910. The summed E-state index contributed by atoms with van der Waals surface area (Å²) in [7, 11) is -0.440. The van der Waals surface area contributed by atoms with Crippen LogP contribution >= 0.6 is 0 Å². The van der Waals surface area contributed by atoms with Crippen LogP contribution in [0.2, 0.25) is 0 Å². The van der Waals surface area contributed by atoms with Crippen molar-refractivity contribution < 1.29 is 22.9 Å². The first-order chi connectivity index (χ1) is 11.5. The van der Waals surface area contributed by atoms with E-state index < -0.39 is 30.3 Å². The molecular weight excluding hydrogens is 327 g/mol. The largest absolute Gasteiger partial charge is 0.494 e. The summed E-state index contributed by atoms with van der Waals surface area (Å²) in [6.07, 6.45) is -0.356. The Morgan fingerprint density at radius 3 is 2.12 bits per heavy atom. The second kappa shape index (κ2) is 6.06. The molecule has 0 radical (unpaired) electrons. The first-order valence-corrected chi connectivity index (χ1v) is 8.59. The number of carbonyl (C=O) groups excluding carboxylic acids is 1. The molecule has 2 fully saturated rings. The average Bonchev–Trinajstić information content (AvgIpc) is 2.66. The molecule has 2 aliphatic rings. The molecule has 0 bridgehead atoms. The van der Waals surface area contributed by atoms with Crippen LogP contribution < -0.4 is 10.8 Å². The Balaban J connectivity index is 1.55. The molecule has 0 aromatic heterocycles. The molecule has 1 saturated heterocycles. The highest BCUT2D eigenvalue weighted by atomic mass is 19.3. The maximum atomic E-state index is 12.8. The fourth-order valence-electron chi connectivity index (χ4n) is 3.00. The van der Waals surface area contributed by atoms with Gasteiger partial charge in [-0.15, -0.1) is 0 Å². The van der Waals surface area contributed by atoms with Crippen molar-refractivity contribution in [3.8, 4) is 0 Å². The van der Waals surface area contributed by atoms with E-state index in [1.54, 1.807) is 0 Å². The summed E-state index contributed by atoms with van der Waals surface area (Å²) < 4.78 is 37.6. The van der Waals surface area contributed by atoms with E-state index in [0.717, 1.165) is 11.0 Å². The van der Waals surface area contributed by atoms with E-state index >= 15 is 0 Å². The van der Waals surface area contributed by atoms with Gasteiger partial charge in [-0.3, -0.25) is 4.79 Å². The van der Waals surface area contributed by atoms with Crippen molar-refractivity contribution in [1.29, 1.82) is 0 Å². The predicted molar refractivity (Wildman–Crippen MR) is 92.0 cm³/mol. The maximum absolute atomic E-state index is 12.8. The van der Waals surface area contributed by atoms with E-state index in [0.29, 0.717) is 0 Å². The first-order valence-electron chi connectivity index (χ1n) is 8.59. The van der Waals surface area contributed by atoms with E-state index in [1.165, 1.54) is 0 Å². The minimum Gasteiger partial charge on any atom is -0.399 e. The Morgan fingerprint density at radius 1 is 1.12 bits per heavy atom. The quantitative estimate of drug-likeness (QED) is 0.848. The zero-order chi connectivity index (χ0) is 18.5. The number of halogens is 2. The fourth-order valence-corrected chi connectivity index (χ4v) is 3.00. The van der Waals surface area contributed by atoms with E-state index in [-0.39, 0.29) is 25.2 Å². The van der Waals surface area contributed by atoms with Gasteiger partial charge in [0.1, 0.15) is 0 Å². The first kappa shape index (κ1) is 18.3. The lowest BCUT2D eigenvalue weighted by Gasteiger charge is -2.35. The molecule has 25 heavy (non-hydrogen) atoms. The summed E-state index contributed by atoms with van der Waals surface area (Å²) >= 11 is 0. The van der Waals surface area contributed by atoms with Crippen LogP contribution in [0.4, 0.5) is 8.78 Å². The van der Waals surface area contributed by atoms with E-state index in [1.807, 2.05) is 52.0 Å². The van der Waals surface area contributed by atoms with Crippen molar-refractivity contribution in [3.63, 3.8) is 0 Å². The Kier molecular flexibility index (Phi) is 4.44. The number of nitrogens with one attached hydrogen (secondary N) is 1. The molecule has 1 aromatic rings. The zero-order valence-electron chi connectivity index (χ0n) is 15.1. The normalized spacial score (nSPS) is 24.0. The minimum atomic E-state index is -2.62. The summed E-state index contributed by atoms with van der Waals surface area (Å²) in [5.74, 6) is -2.86. The molecule has 1 aliphatic heterocycles. The van der Waals surface area contributed by atoms with Crippen LogP contribution in [0.25, 0.3) is 0 Å². The van der Waals surface area contributed by atoms with Crippen molar-refractivity contribution >= 4 is 18.5 Å². The molecule has 3 rings (SSSR count). The standard InChI is InChI=1S/C18H24BF2NO3/c1-16(2)17(3,4)25-19(24-16)13-7-5-12(6-8-13)9-15(23)22-14-10-18(20,21)11-14/h5-8,14H,9-11H2,1-4H3,(H,22,23). The molecule has 0 spiro atoms. The van der Waals surface area contributed by atoms with Crippen molar-refractivity contribution in [2.45, 2.75) is 70.1 Å². The third-order valence-corrected chi connectivity index (χ3v) is 5.33. The number of amides is 1. The maximum Gasteiger partial charge on any atom is 0.494 e. The second-order valence-corrected chi connectivity index (χ2v) is 8.04. The second-order valence-electron chi connectivity index (χ2n) is 8.04. The molecular formula is C18H24BF2NO3. The fraction of sp³-hybridized carbons (Fsp3) is 0.611. The predicted octanol–water partition coefficient (Wildman–Crippen LogP) is 2.44. The van der Waals surface area contributed by atoms with Crippen LogP contribution in [0.15, 0.2) is 24.3 Å². The Morgan fingerprint density at radius 2 is 1.64 bits per heavy atom. The van der Waals surface area contributed by atoms with Crippen LogP contribution in [0.5, 0.6) is 0 Å². The van der Waals surface area contributed by atoms with E-state index in [2.05, 4.69) is 5.32 Å². The summed E-state index contributed by atoms with van der Waals surface area (Å²) in [4.78, 5) is 11.9. The minimum absolute atomic E-state index is 0.172. The zero-order valence-corrected chi connectivity index (χ0v) is 15.1. The topological polar surface area (TPSA) is 47.6 Å². The molecule has 1 aliphatic carbocycles. The van der Waals surface area contributed by atoms with Gasteiger partial charge in [0, 0.05) is 18.9 Å². The molecule has 1 saturated carbocycles. The van der Waals surface area contributed by atoms with Gasteiger partial charge < -0.3 is 14.6 Å². The van der Waals surface area contributed by atoms with Gasteiger partial charge in [0.2, 0.25) is 5.91 Å². The van der Waals surface area contributed by atoms with Crippen LogP contribution in [0, 0.1) is 0 Å². The molecule has 136 valence electrons. The summed E-state index contributed by atoms with van der Waals surface area (Å²) in [6.45, 7) is 7.98. The van der Waals surface area contributed by atoms with Gasteiger partial charge in [0.15, 0.2) is 0 Å². The average molecular weight is 351 g/mol. The lowest BCUT2D eigenvalue weighted by molar-refractivity contribution is -0.128. The van der Waals surface area contributed by atoms with Crippen molar-refractivity contribution in [2.75, 3.05) is 0 Å². The van der Waals surface area contributed by atoms with Crippen LogP contribution in [0.3, 0.4) is 0 Å². The Labute approximate surface area is 147 Å². The van der Waals surface area contributed by atoms with E-state index in [4.69, 9.17) is 9.31 Å². The van der Waals surface area contributed by atoms with Crippen molar-refractivity contribution in [2.24, 2.45) is 0 Å². The van der Waals surface area contributed by atoms with Gasteiger partial charge in [0.05, 0.1) is 17.6 Å². The molecule has 7 heteroatoms. The number of carbonyl (C=O) groups is 1. The van der Waals surface area contributed by atoms with Gasteiger partial charge in [0.25, 0.3) is 5.92 Å². The van der Waals surface area contributed by atoms with E-state index in [9.17, 15) is 13.6 Å². The van der Waals surface area contributed by atoms with Crippen LogP contribution in [-0.2, 0) is 20.5 Å². The molecule has 1 heterocycles. The van der Waals surface area contributed by atoms with Crippen LogP contribution in [-0.4, -0.2) is 36.2 Å². The Hall–Kier alpha value is -1.47. The summed E-state index contributed by atoms with van der Waals surface area (Å²) in [6, 6.07) is 7.03. The van der Waals surface area contributed by atoms with Crippen molar-refractivity contribution in [3.05, 3.63) is 29.8 Å². The van der Waals surface area contributed by atoms with Gasteiger partial charge in [-0.1, -0.05) is 24.3 Å². The smallest absolute Gasteiger partial charge is 0.399 e. The molecule has 1 amide bonds. The lowest BCUT2D eigenvalue weighted by atomic mass is 9.79. The molecule has 0 unspecified atom stereocenters. The van der Waals surface area contributed by atoms with Crippen LogP contribution in [0.1, 0.15) is 46.1 Å². The number of rotatable bonds is 4. The van der Waals surface area contributed by atoms with Gasteiger partial charge in [-0.05, 0) is 38.7 Å². The lowest BCUT2D eigenvalue weighted by Crippen LogP contribution is -2.50. The summed E-state index contributed by atoms with van der Waals surface area (Å²) in [5, 5.41) is 2.64. The number of alkyl halides is 2. The number of hydrogen-bond acceptors (Lipinski definition) is 3. The third-order valence-electron chi connectivity index (χ3n) is 5.33. The highest BCUT2D eigenvalue weighted by molar-refractivity contribution is 6.62. The number of hydrogen-bond donors (Lipinski definition) is 1. The SMILES string of the molecule is CC1(C)OB(c2ccc(CC(=O)NC3CC(F)(F)C3)cc2)OC1(C)C. The number of benzene rings is 1. The van der Waals surface area contributed by atoms with Gasteiger partial charge in [-0.25, -0.2) is 8.78 Å². The molecule has 1 aromatic carbocycles. The molecule has 1 N–H and O–H groups in total. The molecule has 4 nitrogen and oxygen atoms in total. The van der Waals surface area contributed by atoms with Crippen molar-refractivity contribution in [1.82, 2.24) is 5.32 Å². The molecule has 0 atom stereocenters. The monoisotopic (exact) mass is 351 g/mol. The van der Waals surface area contributed by atoms with Gasteiger partial charge >= 0.3 is 7.12 Å². The van der Waals surface area contributed by atoms with Gasteiger partial charge in [-0.2, -0.15) is 0 Å². The third kappa shape index (κ3) is 3.87. The Bertz CT molecular complexity index is 637.